The van der Waals surface area contributed by atoms with Crippen LogP contribution in [0.2, 0.25) is 0 Å². The van der Waals surface area contributed by atoms with Gasteiger partial charge in [-0.25, -0.2) is 13.1 Å². The number of amides is 1. The molecule has 0 unspecified atom stereocenters. The number of hydrogen-bond donors (Lipinski definition) is 2. The van der Waals surface area contributed by atoms with Crippen molar-refractivity contribution in [3.8, 4) is 0 Å². The second-order valence-corrected chi connectivity index (χ2v) is 9.05. The maximum Gasteiger partial charge on any atom is 0.416 e. The fourth-order valence-electron chi connectivity index (χ4n) is 2.45. The van der Waals surface area contributed by atoms with Crippen molar-refractivity contribution in [3.05, 3.63) is 59.2 Å². The van der Waals surface area contributed by atoms with Crippen molar-refractivity contribution in [1.29, 1.82) is 0 Å². The van der Waals surface area contributed by atoms with E-state index < -0.39 is 33.2 Å². The summed E-state index contributed by atoms with van der Waals surface area (Å²) in [4.78, 5) is 12.4. The minimum Gasteiger partial charge on any atom is -0.322 e. The van der Waals surface area contributed by atoms with Crippen LogP contribution in [-0.2, 0) is 16.2 Å². The van der Waals surface area contributed by atoms with E-state index in [2.05, 4.69) is 10.0 Å². The van der Waals surface area contributed by atoms with Crippen molar-refractivity contribution in [2.75, 3.05) is 5.32 Å². The topological polar surface area (TPSA) is 75.3 Å². The molecule has 2 N–H and O–H groups in total. The Labute approximate surface area is 162 Å². The molecule has 0 aromatic heterocycles. The number of anilines is 1. The quantitative estimate of drug-likeness (QED) is 0.781. The molecule has 9 heteroatoms. The van der Waals surface area contributed by atoms with Gasteiger partial charge in [-0.3, -0.25) is 4.79 Å². The predicted octanol–water partition coefficient (Wildman–Crippen LogP) is 4.34. The van der Waals surface area contributed by atoms with Gasteiger partial charge in [0.05, 0.1) is 10.5 Å². The zero-order chi connectivity index (χ0) is 21.3. The molecule has 0 radical (unpaired) electrons. The fraction of sp³-hybridized carbons (Fsp3) is 0.316. The number of hydrogen-bond acceptors (Lipinski definition) is 3. The summed E-state index contributed by atoms with van der Waals surface area (Å²) in [6, 6.07) is 8.25. The van der Waals surface area contributed by atoms with Crippen molar-refractivity contribution < 1.29 is 26.4 Å². The lowest BCUT2D eigenvalue weighted by Crippen LogP contribution is -2.40. The van der Waals surface area contributed by atoms with Gasteiger partial charge in [-0.15, -0.1) is 0 Å². The zero-order valence-corrected chi connectivity index (χ0v) is 16.6. The fourth-order valence-corrected chi connectivity index (χ4v) is 3.89. The summed E-state index contributed by atoms with van der Waals surface area (Å²) in [5.74, 6) is -0.704. The Balaban J connectivity index is 2.34. The Bertz CT molecular complexity index is 994. The molecule has 152 valence electrons. The minimum atomic E-state index is -4.54. The van der Waals surface area contributed by atoms with Crippen molar-refractivity contribution >= 4 is 21.6 Å². The minimum absolute atomic E-state index is 0.0414. The summed E-state index contributed by atoms with van der Waals surface area (Å²) in [7, 11) is -3.87. The zero-order valence-electron chi connectivity index (χ0n) is 15.8. The molecule has 0 aliphatic rings. The Morgan fingerprint density at radius 3 is 2.21 bits per heavy atom. The Morgan fingerprint density at radius 1 is 1.00 bits per heavy atom. The summed E-state index contributed by atoms with van der Waals surface area (Å²) >= 11 is 0. The monoisotopic (exact) mass is 414 g/mol. The van der Waals surface area contributed by atoms with Gasteiger partial charge in [-0.1, -0.05) is 12.1 Å². The highest BCUT2D eigenvalue weighted by Gasteiger charge is 2.30. The van der Waals surface area contributed by atoms with E-state index in [-0.39, 0.29) is 16.1 Å². The molecule has 0 atom stereocenters. The van der Waals surface area contributed by atoms with Gasteiger partial charge >= 0.3 is 6.18 Å². The number of benzene rings is 2. The van der Waals surface area contributed by atoms with Gasteiger partial charge < -0.3 is 5.32 Å². The molecule has 28 heavy (non-hydrogen) atoms. The molecule has 2 aromatic carbocycles. The number of aryl methyl sites for hydroxylation is 1. The molecule has 1 amide bonds. The number of halogens is 3. The number of carbonyl (C=O) groups excluding carboxylic acids is 1. The smallest absolute Gasteiger partial charge is 0.322 e. The summed E-state index contributed by atoms with van der Waals surface area (Å²) in [5, 5.41) is 2.38. The maximum atomic E-state index is 12.8. The number of alkyl halides is 3. The van der Waals surface area contributed by atoms with Crippen LogP contribution in [0, 0.1) is 6.92 Å². The van der Waals surface area contributed by atoms with E-state index in [4.69, 9.17) is 0 Å². The number of rotatable bonds is 4. The standard InChI is InChI=1S/C19H21F3N2O3S/c1-12-8-9-15(28(26,27)24-18(2,3)4)11-16(12)17(25)23-14-7-5-6-13(10-14)19(20,21)22/h5-11,24H,1-4H3,(H,23,25). The third kappa shape index (κ3) is 5.56. The number of sulfonamides is 1. The number of carbonyl (C=O) groups is 1. The molecule has 5 nitrogen and oxygen atoms in total. The summed E-state index contributed by atoms with van der Waals surface area (Å²) in [5.41, 5.74) is -1.12. The van der Waals surface area contributed by atoms with Crippen LogP contribution < -0.4 is 10.0 Å². The maximum absolute atomic E-state index is 12.8. The van der Waals surface area contributed by atoms with Crippen LogP contribution in [0.15, 0.2) is 47.4 Å². The molecule has 0 spiro atoms. The molecule has 0 bridgehead atoms. The van der Waals surface area contributed by atoms with E-state index in [1.54, 1.807) is 27.7 Å². The van der Waals surface area contributed by atoms with Crippen molar-refractivity contribution in [1.82, 2.24) is 4.72 Å². The predicted molar refractivity (Wildman–Crippen MR) is 101 cm³/mol. The summed E-state index contributed by atoms with van der Waals surface area (Å²) < 4.78 is 65.9. The molecule has 0 aliphatic heterocycles. The molecular formula is C19H21F3N2O3S. The number of nitrogens with one attached hydrogen (secondary N) is 2. The van der Waals surface area contributed by atoms with Crippen LogP contribution in [0.5, 0.6) is 0 Å². The van der Waals surface area contributed by atoms with Crippen LogP contribution >= 0.6 is 0 Å². The first kappa shape index (κ1) is 21.9. The molecule has 2 rings (SSSR count). The van der Waals surface area contributed by atoms with E-state index in [1.165, 1.54) is 30.3 Å². The van der Waals surface area contributed by atoms with Crippen molar-refractivity contribution in [2.45, 2.75) is 44.3 Å². The lowest BCUT2D eigenvalue weighted by Gasteiger charge is -2.20. The van der Waals surface area contributed by atoms with Gasteiger partial charge in [-0.2, -0.15) is 13.2 Å². The first-order valence-electron chi connectivity index (χ1n) is 8.32. The van der Waals surface area contributed by atoms with Crippen LogP contribution in [0.4, 0.5) is 18.9 Å². The van der Waals surface area contributed by atoms with E-state index in [0.29, 0.717) is 5.56 Å². The van der Waals surface area contributed by atoms with Crippen molar-refractivity contribution in [3.63, 3.8) is 0 Å². The molecule has 0 heterocycles. The third-order valence-electron chi connectivity index (χ3n) is 3.65. The second kappa shape index (κ2) is 7.56. The van der Waals surface area contributed by atoms with Crippen LogP contribution in [-0.4, -0.2) is 19.9 Å². The first-order chi connectivity index (χ1) is 12.7. The van der Waals surface area contributed by atoms with Gasteiger partial charge in [0.1, 0.15) is 0 Å². The molecule has 0 fully saturated rings. The lowest BCUT2D eigenvalue weighted by atomic mass is 10.1. The molecule has 0 saturated carbocycles. The van der Waals surface area contributed by atoms with Crippen molar-refractivity contribution in [2.24, 2.45) is 0 Å². The normalized spacial score (nSPS) is 12.7. The third-order valence-corrected chi connectivity index (χ3v) is 5.41. The Hall–Kier alpha value is -2.39. The molecule has 2 aromatic rings. The summed E-state index contributed by atoms with van der Waals surface area (Å²) in [6.07, 6.45) is -4.54. The van der Waals surface area contributed by atoms with Crippen LogP contribution in [0.1, 0.15) is 42.3 Å². The highest BCUT2D eigenvalue weighted by atomic mass is 32.2. The largest absolute Gasteiger partial charge is 0.416 e. The Morgan fingerprint density at radius 2 is 1.64 bits per heavy atom. The lowest BCUT2D eigenvalue weighted by molar-refractivity contribution is -0.137. The van der Waals surface area contributed by atoms with Gasteiger partial charge in [0, 0.05) is 16.8 Å². The first-order valence-corrected chi connectivity index (χ1v) is 9.81. The average molecular weight is 414 g/mol. The van der Waals surface area contributed by atoms with Gasteiger partial charge in [-0.05, 0) is 63.6 Å². The second-order valence-electron chi connectivity index (χ2n) is 7.36. The molecular weight excluding hydrogens is 393 g/mol. The molecule has 0 aliphatic carbocycles. The summed E-state index contributed by atoms with van der Waals surface area (Å²) in [6.45, 7) is 6.65. The highest BCUT2D eigenvalue weighted by Crippen LogP contribution is 2.31. The molecule has 0 saturated heterocycles. The van der Waals surface area contributed by atoms with Gasteiger partial charge in [0.2, 0.25) is 10.0 Å². The van der Waals surface area contributed by atoms with Gasteiger partial charge in [0.15, 0.2) is 0 Å². The van der Waals surface area contributed by atoms with E-state index >= 15 is 0 Å². The SMILES string of the molecule is Cc1ccc(S(=O)(=O)NC(C)(C)C)cc1C(=O)Nc1cccc(C(F)(F)F)c1. The highest BCUT2D eigenvalue weighted by molar-refractivity contribution is 7.89. The van der Waals surface area contributed by atoms with Crippen LogP contribution in [0.25, 0.3) is 0 Å². The van der Waals surface area contributed by atoms with E-state index in [0.717, 1.165) is 12.1 Å². The Kier molecular flexibility index (Phi) is 5.91. The van der Waals surface area contributed by atoms with Crippen LogP contribution in [0.3, 0.4) is 0 Å². The van der Waals surface area contributed by atoms with E-state index in [1.807, 2.05) is 0 Å². The average Bonchev–Trinajstić information content (AvgIpc) is 2.52. The van der Waals surface area contributed by atoms with E-state index in [9.17, 15) is 26.4 Å². The van der Waals surface area contributed by atoms with Gasteiger partial charge in [0.25, 0.3) is 5.91 Å².